The van der Waals surface area contributed by atoms with Crippen LogP contribution in [0, 0.1) is 5.92 Å². The zero-order valence-electron chi connectivity index (χ0n) is 13.3. The van der Waals surface area contributed by atoms with Gasteiger partial charge in [0.1, 0.15) is 6.17 Å². The van der Waals surface area contributed by atoms with Gasteiger partial charge < -0.3 is 16.0 Å². The first-order chi connectivity index (χ1) is 10.6. The summed E-state index contributed by atoms with van der Waals surface area (Å²) in [7, 11) is 1.79. The first kappa shape index (κ1) is 15.6. The molecule has 1 aliphatic carbocycles. The lowest BCUT2D eigenvalue weighted by molar-refractivity contribution is -0.135. The number of carbonyl (C=O) groups is 1. The minimum absolute atomic E-state index is 0.0407. The van der Waals surface area contributed by atoms with E-state index in [-0.39, 0.29) is 18.5 Å². The number of hydrogen-bond acceptors (Lipinski definition) is 4. The van der Waals surface area contributed by atoms with E-state index in [4.69, 9.17) is 5.73 Å². The van der Waals surface area contributed by atoms with Gasteiger partial charge in [0.05, 0.1) is 18.6 Å². The number of likely N-dealkylation sites (N-methyl/N-ethyl adjacent to an activating group) is 1. The average Bonchev–Trinajstić information content (AvgIpc) is 2.52. The van der Waals surface area contributed by atoms with Crippen LogP contribution in [0.2, 0.25) is 0 Å². The zero-order valence-corrected chi connectivity index (χ0v) is 13.3. The zero-order chi connectivity index (χ0) is 15.7. The molecule has 5 nitrogen and oxygen atoms in total. The van der Waals surface area contributed by atoms with Crippen LogP contribution in [0.15, 0.2) is 11.9 Å². The summed E-state index contributed by atoms with van der Waals surface area (Å²) in [6.45, 7) is 1.57. The Morgan fingerprint density at radius 2 is 2.00 bits per heavy atom. The van der Waals surface area contributed by atoms with Gasteiger partial charge in [-0.25, -0.2) is 4.39 Å². The van der Waals surface area contributed by atoms with Crippen molar-refractivity contribution in [1.29, 1.82) is 0 Å². The lowest BCUT2D eigenvalue weighted by atomic mass is 9.79. The number of amides is 1. The van der Waals surface area contributed by atoms with Crippen molar-refractivity contribution in [3.63, 3.8) is 0 Å². The minimum atomic E-state index is -1.05. The summed E-state index contributed by atoms with van der Waals surface area (Å²) in [5.41, 5.74) is 6.58. The Morgan fingerprint density at radius 1 is 1.27 bits per heavy atom. The van der Waals surface area contributed by atoms with Crippen LogP contribution in [0.1, 0.15) is 32.1 Å². The fourth-order valence-corrected chi connectivity index (χ4v) is 4.07. The summed E-state index contributed by atoms with van der Waals surface area (Å²) < 4.78 is 15.2. The monoisotopic (exact) mass is 310 g/mol. The number of nitrogens with zero attached hydrogens (tertiary/aromatic N) is 2. The highest BCUT2D eigenvalue weighted by Crippen LogP contribution is 2.33. The van der Waals surface area contributed by atoms with Gasteiger partial charge in [0, 0.05) is 32.0 Å². The van der Waals surface area contributed by atoms with Crippen molar-refractivity contribution in [2.45, 2.75) is 50.4 Å². The van der Waals surface area contributed by atoms with E-state index in [1.54, 1.807) is 18.1 Å². The van der Waals surface area contributed by atoms with E-state index in [0.717, 1.165) is 12.8 Å². The number of carbonyl (C=O) groups excluding carboxylic acids is 1. The van der Waals surface area contributed by atoms with E-state index in [1.807, 2.05) is 4.90 Å². The number of nitrogens with one attached hydrogen (secondary N) is 1. The molecule has 0 bridgehead atoms. The standard InChI is InChI=1S/C16H27FN4O/c1-20-7-8-21(10-13(20)22)16-12(18)9-19-15(14(16)17)11-5-3-2-4-6-11/h9,11,14-16,19H,2-8,10,18H2,1H3. The fourth-order valence-electron chi connectivity index (χ4n) is 4.07. The maximum absolute atomic E-state index is 15.2. The van der Waals surface area contributed by atoms with Crippen molar-refractivity contribution in [2.75, 3.05) is 26.7 Å². The molecule has 124 valence electrons. The summed E-state index contributed by atoms with van der Waals surface area (Å²) in [6.07, 6.45) is 6.51. The smallest absolute Gasteiger partial charge is 0.236 e. The summed E-state index contributed by atoms with van der Waals surface area (Å²) in [6, 6.07) is -0.641. The summed E-state index contributed by atoms with van der Waals surface area (Å²) in [4.78, 5) is 15.5. The predicted octanol–water partition coefficient (Wildman–Crippen LogP) is 0.819. The maximum Gasteiger partial charge on any atom is 0.236 e. The molecule has 22 heavy (non-hydrogen) atoms. The van der Waals surface area contributed by atoms with E-state index in [2.05, 4.69) is 5.32 Å². The molecule has 3 N–H and O–H groups in total. The quantitative estimate of drug-likeness (QED) is 0.793. The predicted molar refractivity (Wildman–Crippen MR) is 83.7 cm³/mol. The number of piperazine rings is 1. The Morgan fingerprint density at radius 3 is 2.68 bits per heavy atom. The van der Waals surface area contributed by atoms with Crippen molar-refractivity contribution < 1.29 is 9.18 Å². The van der Waals surface area contributed by atoms with Crippen LogP contribution in [0.3, 0.4) is 0 Å². The maximum atomic E-state index is 15.2. The third-order valence-electron chi connectivity index (χ3n) is 5.47. The number of nitrogens with two attached hydrogens (primary N) is 1. The Balaban J connectivity index is 1.73. The molecule has 2 heterocycles. The Kier molecular flexibility index (Phi) is 4.57. The van der Waals surface area contributed by atoms with Crippen LogP contribution in [0.4, 0.5) is 4.39 Å². The third-order valence-corrected chi connectivity index (χ3v) is 5.47. The van der Waals surface area contributed by atoms with Crippen molar-refractivity contribution >= 4 is 5.91 Å². The normalized spacial score (nSPS) is 35.2. The largest absolute Gasteiger partial charge is 0.399 e. The Bertz CT molecular complexity index is 449. The molecule has 1 amide bonds. The molecule has 3 rings (SSSR count). The van der Waals surface area contributed by atoms with E-state index >= 15 is 4.39 Å². The first-order valence-corrected chi connectivity index (χ1v) is 8.41. The molecular formula is C16H27FN4O. The summed E-state index contributed by atoms with van der Waals surface area (Å²) in [5.74, 6) is 0.415. The van der Waals surface area contributed by atoms with Crippen LogP contribution < -0.4 is 11.1 Å². The van der Waals surface area contributed by atoms with E-state index in [1.165, 1.54) is 19.3 Å². The second-order valence-electron chi connectivity index (χ2n) is 6.91. The molecule has 1 saturated heterocycles. The van der Waals surface area contributed by atoms with Gasteiger partial charge in [-0.2, -0.15) is 0 Å². The van der Waals surface area contributed by atoms with E-state index < -0.39 is 12.2 Å². The second kappa shape index (κ2) is 6.44. The van der Waals surface area contributed by atoms with Gasteiger partial charge in [-0.3, -0.25) is 9.69 Å². The fraction of sp³-hybridized carbons (Fsp3) is 0.812. The molecule has 0 spiro atoms. The molecule has 1 saturated carbocycles. The molecule has 2 fully saturated rings. The van der Waals surface area contributed by atoms with Gasteiger partial charge >= 0.3 is 0 Å². The van der Waals surface area contributed by atoms with Gasteiger partial charge in [0.25, 0.3) is 0 Å². The molecule has 0 aromatic heterocycles. The van der Waals surface area contributed by atoms with Crippen LogP contribution in [-0.2, 0) is 4.79 Å². The molecule has 6 heteroatoms. The lowest BCUT2D eigenvalue weighted by Crippen LogP contribution is -2.62. The molecule has 0 aromatic rings. The molecule has 0 aromatic carbocycles. The molecule has 3 aliphatic rings. The molecule has 3 atom stereocenters. The van der Waals surface area contributed by atoms with E-state index in [9.17, 15) is 4.79 Å². The first-order valence-electron chi connectivity index (χ1n) is 8.41. The van der Waals surface area contributed by atoms with Crippen molar-refractivity contribution in [3.8, 4) is 0 Å². The number of halogens is 1. The molecule has 0 radical (unpaired) electrons. The number of alkyl halides is 1. The van der Waals surface area contributed by atoms with Crippen LogP contribution in [0.5, 0.6) is 0 Å². The highest BCUT2D eigenvalue weighted by atomic mass is 19.1. The number of hydrogen-bond donors (Lipinski definition) is 2. The van der Waals surface area contributed by atoms with Gasteiger partial charge in [0.2, 0.25) is 5.91 Å². The minimum Gasteiger partial charge on any atom is -0.399 e. The Labute approximate surface area is 131 Å². The van der Waals surface area contributed by atoms with Crippen molar-refractivity contribution in [2.24, 2.45) is 11.7 Å². The SMILES string of the molecule is CN1CCN(C2C(N)=CNC(C3CCCCC3)C2F)CC1=O. The van der Waals surface area contributed by atoms with Crippen LogP contribution >= 0.6 is 0 Å². The van der Waals surface area contributed by atoms with Gasteiger partial charge in [-0.05, 0) is 18.8 Å². The van der Waals surface area contributed by atoms with Gasteiger partial charge in [0.15, 0.2) is 0 Å². The third kappa shape index (κ3) is 2.93. The van der Waals surface area contributed by atoms with Gasteiger partial charge in [-0.1, -0.05) is 19.3 Å². The van der Waals surface area contributed by atoms with Gasteiger partial charge in [-0.15, -0.1) is 0 Å². The average molecular weight is 310 g/mol. The molecular weight excluding hydrogens is 283 g/mol. The topological polar surface area (TPSA) is 61.6 Å². The number of rotatable bonds is 2. The molecule has 2 aliphatic heterocycles. The van der Waals surface area contributed by atoms with Crippen molar-refractivity contribution in [1.82, 2.24) is 15.1 Å². The summed E-state index contributed by atoms with van der Waals surface area (Å²) in [5, 5.41) is 3.19. The second-order valence-corrected chi connectivity index (χ2v) is 6.91. The highest BCUT2D eigenvalue weighted by molar-refractivity contribution is 5.78. The van der Waals surface area contributed by atoms with Crippen molar-refractivity contribution in [3.05, 3.63) is 11.9 Å². The van der Waals surface area contributed by atoms with Crippen LogP contribution in [0.25, 0.3) is 0 Å². The highest BCUT2D eigenvalue weighted by Gasteiger charge is 2.43. The summed E-state index contributed by atoms with van der Waals surface area (Å²) >= 11 is 0. The lowest BCUT2D eigenvalue weighted by Gasteiger charge is -2.45. The van der Waals surface area contributed by atoms with E-state index in [0.29, 0.717) is 24.7 Å². The Hall–Kier alpha value is -1.30. The van der Waals surface area contributed by atoms with Crippen LogP contribution in [-0.4, -0.2) is 60.6 Å². The molecule has 3 unspecified atom stereocenters.